The van der Waals surface area contributed by atoms with Gasteiger partial charge in [0.15, 0.2) is 0 Å². The van der Waals surface area contributed by atoms with Crippen molar-refractivity contribution in [2.24, 2.45) is 5.92 Å². The van der Waals surface area contributed by atoms with E-state index in [1.165, 1.54) is 44.5 Å². The highest BCUT2D eigenvalue weighted by Crippen LogP contribution is 2.19. The van der Waals surface area contributed by atoms with E-state index < -0.39 is 0 Å². The van der Waals surface area contributed by atoms with Crippen molar-refractivity contribution in [1.82, 2.24) is 10.2 Å². The molecule has 1 fully saturated rings. The van der Waals surface area contributed by atoms with Crippen LogP contribution >= 0.6 is 11.6 Å². The van der Waals surface area contributed by atoms with E-state index in [0.717, 1.165) is 23.9 Å². The van der Waals surface area contributed by atoms with Crippen molar-refractivity contribution in [3.8, 4) is 0 Å². The number of hydrogen-bond acceptors (Lipinski definition) is 2. The molecule has 1 aliphatic rings. The highest BCUT2D eigenvalue weighted by molar-refractivity contribution is 6.31. The zero-order chi connectivity index (χ0) is 13.5. The van der Waals surface area contributed by atoms with Gasteiger partial charge in [-0.3, -0.25) is 0 Å². The molecule has 1 unspecified atom stereocenters. The molecule has 0 bridgehead atoms. The van der Waals surface area contributed by atoms with Crippen LogP contribution in [0.5, 0.6) is 0 Å². The summed E-state index contributed by atoms with van der Waals surface area (Å²) in [6.45, 7) is 4.87. The lowest BCUT2D eigenvalue weighted by Gasteiger charge is -2.32. The van der Waals surface area contributed by atoms with Crippen LogP contribution in [-0.4, -0.2) is 38.1 Å². The second-order valence-corrected chi connectivity index (χ2v) is 5.97. The Morgan fingerprint density at radius 3 is 3.00 bits per heavy atom. The molecular formula is C16H25ClN2. The van der Waals surface area contributed by atoms with E-state index in [2.05, 4.69) is 29.4 Å². The van der Waals surface area contributed by atoms with Crippen LogP contribution in [0.1, 0.15) is 24.8 Å². The maximum Gasteiger partial charge on any atom is 0.0437 e. The summed E-state index contributed by atoms with van der Waals surface area (Å²) in [6.07, 6.45) is 5.02. The molecule has 1 heterocycles. The molecule has 2 rings (SSSR count). The van der Waals surface area contributed by atoms with Crippen molar-refractivity contribution >= 4 is 11.6 Å². The standard InChI is InChI=1S/C16H25ClN2/c1-18-12-14-6-4-10-19(13-14)11-5-8-15-7-2-3-9-16(15)17/h2-3,7,9,14,18H,4-6,8,10-13H2,1H3. The van der Waals surface area contributed by atoms with Gasteiger partial charge in [-0.15, -0.1) is 0 Å². The van der Waals surface area contributed by atoms with E-state index in [4.69, 9.17) is 11.6 Å². The zero-order valence-corrected chi connectivity index (χ0v) is 12.6. The third kappa shape index (κ3) is 4.79. The van der Waals surface area contributed by atoms with E-state index in [0.29, 0.717) is 0 Å². The van der Waals surface area contributed by atoms with Crippen LogP contribution in [0.25, 0.3) is 0 Å². The fourth-order valence-electron chi connectivity index (χ4n) is 3.00. The summed E-state index contributed by atoms with van der Waals surface area (Å²) in [5.41, 5.74) is 1.29. The first-order valence-electron chi connectivity index (χ1n) is 7.40. The van der Waals surface area contributed by atoms with Gasteiger partial charge in [-0.05, 0) is 69.9 Å². The van der Waals surface area contributed by atoms with Gasteiger partial charge in [-0.2, -0.15) is 0 Å². The molecule has 0 amide bonds. The van der Waals surface area contributed by atoms with Crippen LogP contribution in [0, 0.1) is 5.92 Å². The van der Waals surface area contributed by atoms with Crippen molar-refractivity contribution in [3.63, 3.8) is 0 Å². The summed E-state index contributed by atoms with van der Waals surface area (Å²) in [5.74, 6) is 0.832. The second kappa shape index (κ2) is 7.88. The summed E-state index contributed by atoms with van der Waals surface area (Å²) in [4.78, 5) is 2.61. The number of rotatable bonds is 6. The minimum absolute atomic E-state index is 0.832. The third-order valence-electron chi connectivity index (χ3n) is 3.97. The molecule has 0 radical (unpaired) electrons. The Hall–Kier alpha value is -0.570. The largest absolute Gasteiger partial charge is 0.319 e. The topological polar surface area (TPSA) is 15.3 Å². The molecule has 2 nitrogen and oxygen atoms in total. The molecule has 1 aliphatic heterocycles. The molecule has 0 saturated carbocycles. The molecular weight excluding hydrogens is 256 g/mol. The van der Waals surface area contributed by atoms with E-state index in [9.17, 15) is 0 Å². The zero-order valence-electron chi connectivity index (χ0n) is 11.9. The number of aryl methyl sites for hydroxylation is 1. The van der Waals surface area contributed by atoms with Crippen LogP contribution in [0.15, 0.2) is 24.3 Å². The molecule has 1 atom stereocenters. The molecule has 1 aromatic carbocycles. The number of benzene rings is 1. The summed E-state index contributed by atoms with van der Waals surface area (Å²) >= 11 is 6.19. The lowest BCUT2D eigenvalue weighted by atomic mass is 9.97. The van der Waals surface area contributed by atoms with Gasteiger partial charge in [0.05, 0.1) is 0 Å². The van der Waals surface area contributed by atoms with Gasteiger partial charge in [-0.1, -0.05) is 29.8 Å². The number of likely N-dealkylation sites (tertiary alicyclic amines) is 1. The molecule has 1 saturated heterocycles. The highest BCUT2D eigenvalue weighted by atomic mass is 35.5. The van der Waals surface area contributed by atoms with Gasteiger partial charge in [0, 0.05) is 11.6 Å². The van der Waals surface area contributed by atoms with Crippen molar-refractivity contribution in [3.05, 3.63) is 34.9 Å². The van der Waals surface area contributed by atoms with Crippen LogP contribution < -0.4 is 5.32 Å². The van der Waals surface area contributed by atoms with E-state index >= 15 is 0 Å². The number of nitrogens with zero attached hydrogens (tertiary/aromatic N) is 1. The van der Waals surface area contributed by atoms with Gasteiger partial charge in [-0.25, -0.2) is 0 Å². The first-order valence-corrected chi connectivity index (χ1v) is 7.77. The Morgan fingerprint density at radius 2 is 2.21 bits per heavy atom. The molecule has 19 heavy (non-hydrogen) atoms. The van der Waals surface area contributed by atoms with E-state index in [1.807, 2.05) is 12.1 Å². The first kappa shape index (κ1) is 14.8. The molecule has 106 valence electrons. The van der Waals surface area contributed by atoms with Crippen molar-refractivity contribution < 1.29 is 0 Å². The summed E-state index contributed by atoms with van der Waals surface area (Å²) < 4.78 is 0. The van der Waals surface area contributed by atoms with Crippen LogP contribution in [0.3, 0.4) is 0 Å². The van der Waals surface area contributed by atoms with E-state index in [1.54, 1.807) is 0 Å². The Kier molecular flexibility index (Phi) is 6.15. The van der Waals surface area contributed by atoms with Gasteiger partial charge >= 0.3 is 0 Å². The summed E-state index contributed by atoms with van der Waals surface area (Å²) in [7, 11) is 2.05. The monoisotopic (exact) mass is 280 g/mol. The minimum Gasteiger partial charge on any atom is -0.319 e. The Labute approximate surface area is 122 Å². The Balaban J connectivity index is 1.72. The Bertz CT molecular complexity index is 379. The van der Waals surface area contributed by atoms with Gasteiger partial charge < -0.3 is 10.2 Å². The predicted molar refractivity (Wildman–Crippen MR) is 82.9 cm³/mol. The molecule has 3 heteroatoms. The number of nitrogens with one attached hydrogen (secondary N) is 1. The molecule has 1 aromatic rings. The van der Waals surface area contributed by atoms with E-state index in [-0.39, 0.29) is 0 Å². The van der Waals surface area contributed by atoms with Crippen LogP contribution in [0.2, 0.25) is 5.02 Å². The maximum absolute atomic E-state index is 6.19. The van der Waals surface area contributed by atoms with Crippen molar-refractivity contribution in [1.29, 1.82) is 0 Å². The number of halogens is 1. The van der Waals surface area contributed by atoms with Crippen molar-refractivity contribution in [2.45, 2.75) is 25.7 Å². The molecule has 0 aromatic heterocycles. The highest BCUT2D eigenvalue weighted by Gasteiger charge is 2.18. The SMILES string of the molecule is CNCC1CCCN(CCCc2ccccc2Cl)C1. The lowest BCUT2D eigenvalue weighted by molar-refractivity contribution is 0.172. The molecule has 0 aliphatic carbocycles. The summed E-state index contributed by atoms with van der Waals surface area (Å²) in [6, 6.07) is 8.20. The van der Waals surface area contributed by atoms with Gasteiger partial charge in [0.2, 0.25) is 0 Å². The average molecular weight is 281 g/mol. The van der Waals surface area contributed by atoms with Crippen molar-refractivity contribution in [2.75, 3.05) is 33.2 Å². The second-order valence-electron chi connectivity index (χ2n) is 5.56. The van der Waals surface area contributed by atoms with Crippen LogP contribution in [-0.2, 0) is 6.42 Å². The third-order valence-corrected chi connectivity index (χ3v) is 4.34. The van der Waals surface area contributed by atoms with Crippen LogP contribution in [0.4, 0.5) is 0 Å². The number of piperidine rings is 1. The normalized spacial score (nSPS) is 20.6. The number of hydrogen-bond donors (Lipinski definition) is 1. The maximum atomic E-state index is 6.19. The molecule has 0 spiro atoms. The fourth-order valence-corrected chi connectivity index (χ4v) is 3.23. The quantitative estimate of drug-likeness (QED) is 0.861. The average Bonchev–Trinajstić information content (AvgIpc) is 2.42. The lowest BCUT2D eigenvalue weighted by Crippen LogP contribution is -2.39. The van der Waals surface area contributed by atoms with Gasteiger partial charge in [0.25, 0.3) is 0 Å². The fraction of sp³-hybridized carbons (Fsp3) is 0.625. The minimum atomic E-state index is 0.832. The van der Waals surface area contributed by atoms with Gasteiger partial charge in [0.1, 0.15) is 0 Å². The smallest absolute Gasteiger partial charge is 0.0437 e. The molecule has 1 N–H and O–H groups in total. The summed E-state index contributed by atoms with van der Waals surface area (Å²) in [5, 5.41) is 4.21. The predicted octanol–water partition coefficient (Wildman–Crippen LogP) is 3.20. The Morgan fingerprint density at radius 1 is 1.37 bits per heavy atom. The first-order chi connectivity index (χ1) is 9.29.